The third-order valence-corrected chi connectivity index (χ3v) is 24.6. The van der Waals surface area contributed by atoms with Crippen LogP contribution in [0.3, 0.4) is 0 Å². The predicted octanol–water partition coefficient (Wildman–Crippen LogP) is 20.2. The van der Waals surface area contributed by atoms with Gasteiger partial charge in [-0.05, 0) is 164 Å². The number of hydrogen-bond donors (Lipinski definition) is 0. The normalized spacial score (nSPS) is 12.2. The van der Waals surface area contributed by atoms with Crippen LogP contribution in [0.1, 0.15) is 288 Å². The van der Waals surface area contributed by atoms with Crippen molar-refractivity contribution < 1.29 is 109 Å². The van der Waals surface area contributed by atoms with Gasteiger partial charge in [0.25, 0.3) is 0 Å². The second kappa shape index (κ2) is 52.9. The van der Waals surface area contributed by atoms with Crippen molar-refractivity contribution in [2.45, 2.75) is 325 Å². The van der Waals surface area contributed by atoms with Crippen LogP contribution >= 0.6 is 55.9 Å². The average molecular weight is 1770 g/mol. The maximum Gasteiger partial charge on any atom is 1.00 e. The van der Waals surface area contributed by atoms with E-state index in [-0.39, 0.29) is 111 Å². The topological polar surface area (TPSA) is 136 Å². The second-order valence-corrected chi connectivity index (χ2v) is 40.7. The maximum atomic E-state index is 13.0. The number of carbonyl (C=O) groups is 2. The molecule has 22 heteroatoms. The van der Waals surface area contributed by atoms with E-state index in [1.54, 1.807) is 0 Å². The molecule has 0 unspecified atom stereocenters. The van der Waals surface area contributed by atoms with E-state index in [1.807, 2.05) is 0 Å². The van der Waals surface area contributed by atoms with Crippen LogP contribution in [0.25, 0.3) is 0 Å². The van der Waals surface area contributed by atoms with Crippen LogP contribution in [-0.4, -0.2) is 46.3 Å². The fraction of sp³-hybridized carbons (Fsp3) is 0.568. The minimum absolute atomic E-state index is 0. The van der Waals surface area contributed by atoms with Crippen molar-refractivity contribution in [1.29, 1.82) is 0 Å². The Morgan fingerprint density at radius 2 is 0.473 bits per heavy atom. The largest absolute Gasteiger partial charge is 1.00 e. The van der Waals surface area contributed by atoms with E-state index in [1.165, 1.54) is 140 Å². The molecule has 0 aliphatic carbocycles. The summed E-state index contributed by atoms with van der Waals surface area (Å²) in [7, 11) is -0.240. The van der Waals surface area contributed by atoms with Crippen LogP contribution in [0.2, 0.25) is 0 Å². The SMILES string of the molecule is CC(C)(C)c1ccc([S+](c2ccc(C(C)(C)C)cc2)c2ccc(C(C)(C)C)cc2)cc1.CC(C)(C)c1ccc([S+](c2ccc(C(C)(C)C)cc2)c2ccc(C(C)(C)C)cc2)cc1.O=C(OCCCCCCCCCCCCBr)C(F)(F)SOO[O-].O=C(OCCCCCCCCCCCCBr)C(F)(F)SOO[O-].[2HH].[Cl-].[Na+]. The zero-order chi connectivity index (χ0) is 80.8. The first kappa shape index (κ1) is 105. The molecule has 0 saturated heterocycles. The van der Waals surface area contributed by atoms with Gasteiger partial charge in [-0.3, -0.25) is 10.1 Å². The Hall–Kier alpha value is -2.61. The molecule has 10 nitrogen and oxygen atoms in total. The van der Waals surface area contributed by atoms with E-state index in [2.05, 4.69) is 330 Å². The third kappa shape index (κ3) is 41.0. The van der Waals surface area contributed by atoms with E-state index in [4.69, 9.17) is 0 Å². The Morgan fingerprint density at radius 3 is 0.618 bits per heavy atom. The molecule has 0 spiro atoms. The van der Waals surface area contributed by atoms with Crippen LogP contribution in [0.4, 0.5) is 17.6 Å². The summed E-state index contributed by atoms with van der Waals surface area (Å²) in [6, 6.07) is 55.7. The Morgan fingerprint density at radius 1 is 0.318 bits per heavy atom. The van der Waals surface area contributed by atoms with Crippen molar-refractivity contribution >= 4 is 89.7 Å². The van der Waals surface area contributed by atoms with Crippen LogP contribution in [0.5, 0.6) is 0 Å². The Balaban J connectivity index is 0.00000146. The van der Waals surface area contributed by atoms with E-state index in [0.29, 0.717) is 12.8 Å². The summed E-state index contributed by atoms with van der Waals surface area (Å²) in [5.41, 5.74) is 9.28. The number of benzene rings is 6. The summed E-state index contributed by atoms with van der Waals surface area (Å²) in [5, 5.41) is 18.7. The minimum atomic E-state index is -3.95. The van der Waals surface area contributed by atoms with Crippen molar-refractivity contribution in [2.24, 2.45) is 0 Å². The zero-order valence-corrected chi connectivity index (χ0v) is 78.4. The smallest absolute Gasteiger partial charge is 1.00 e. The van der Waals surface area contributed by atoms with Gasteiger partial charge < -0.3 is 32.4 Å². The Kier molecular flexibility index (Phi) is 50.7. The number of esters is 2. The van der Waals surface area contributed by atoms with Gasteiger partial charge in [-0.25, -0.2) is 9.59 Å². The number of alkyl halides is 6. The summed E-state index contributed by atoms with van der Waals surface area (Å²) in [5.74, 6) is -3.47. The first-order chi connectivity index (χ1) is 50.6. The molecular formula is C88H128Br2ClF4NaO10S4. The molecule has 0 aromatic heterocycles. The molecule has 0 aliphatic heterocycles. The quantitative estimate of drug-likeness (QED) is 0.00420. The van der Waals surface area contributed by atoms with Gasteiger partial charge >= 0.3 is 52.0 Å². The van der Waals surface area contributed by atoms with Crippen molar-refractivity contribution in [2.75, 3.05) is 23.9 Å². The van der Waals surface area contributed by atoms with E-state index < -0.39 is 46.5 Å². The monoisotopic (exact) mass is 1770 g/mol. The van der Waals surface area contributed by atoms with Crippen molar-refractivity contribution in [1.82, 2.24) is 0 Å². The maximum absolute atomic E-state index is 13.0. The second-order valence-electron chi connectivity index (χ2n) is 33.5. The van der Waals surface area contributed by atoms with Crippen molar-refractivity contribution in [3.63, 3.8) is 0 Å². The van der Waals surface area contributed by atoms with Crippen LogP contribution < -0.4 is 52.5 Å². The third-order valence-electron chi connectivity index (χ3n) is 18.1. The van der Waals surface area contributed by atoms with Gasteiger partial charge in [0.2, 0.25) is 0 Å². The molecule has 6 rings (SSSR count). The number of rotatable bonds is 38. The molecule has 6 aromatic rings. The van der Waals surface area contributed by atoms with Gasteiger partial charge in [-0.1, -0.05) is 332 Å². The van der Waals surface area contributed by atoms with Crippen LogP contribution in [0.15, 0.2) is 175 Å². The minimum Gasteiger partial charge on any atom is -1.00 e. The summed E-state index contributed by atoms with van der Waals surface area (Å²) < 4.78 is 67.6. The molecule has 110 heavy (non-hydrogen) atoms. The van der Waals surface area contributed by atoms with Crippen LogP contribution in [0, 0.1) is 0 Å². The molecule has 0 aliphatic rings. The van der Waals surface area contributed by atoms with Gasteiger partial charge in [-0.15, -0.1) is 0 Å². The fourth-order valence-corrected chi connectivity index (χ4v) is 16.6. The number of halogens is 7. The molecule has 0 heterocycles. The van der Waals surface area contributed by atoms with Gasteiger partial charge in [0.15, 0.2) is 29.4 Å². The molecule has 0 atom stereocenters. The van der Waals surface area contributed by atoms with Crippen molar-refractivity contribution in [3.8, 4) is 0 Å². The Labute approximate surface area is 720 Å². The molecule has 6 aromatic carbocycles. The van der Waals surface area contributed by atoms with E-state index >= 15 is 0 Å². The summed E-state index contributed by atoms with van der Waals surface area (Å²) in [6.45, 7) is 40.8. The molecule has 0 saturated carbocycles. The molecule has 0 radical (unpaired) electrons. The molecular weight excluding hydrogens is 1640 g/mol. The summed E-state index contributed by atoms with van der Waals surface area (Å²) in [4.78, 5) is 30.3. The first-order valence-corrected chi connectivity index (χ1v) is 44.4. The molecule has 0 amide bonds. The van der Waals surface area contributed by atoms with Gasteiger partial charge in [0, 0.05) is 12.1 Å². The van der Waals surface area contributed by atoms with Gasteiger partial charge in [0.1, 0.15) is 24.1 Å². The summed E-state index contributed by atoms with van der Waals surface area (Å²) in [6.07, 6.45) is 21.8. The molecule has 0 bridgehead atoms. The number of ether oxygens (including phenoxy) is 2. The van der Waals surface area contributed by atoms with E-state index in [9.17, 15) is 37.7 Å². The molecule has 0 N–H and O–H groups in total. The number of hydrogen-bond acceptors (Lipinski definition) is 12. The van der Waals surface area contributed by atoms with E-state index in [0.717, 1.165) is 49.2 Å². The number of carbonyl (C=O) groups excluding carboxylic acids is 2. The fourth-order valence-electron chi connectivity index (χ4n) is 11.3. The number of unbranched alkanes of at least 4 members (excludes halogenated alkanes) is 18. The van der Waals surface area contributed by atoms with Gasteiger partial charge in [-0.2, -0.15) is 26.2 Å². The average Bonchev–Trinajstić information content (AvgIpc) is 0.795. The summed E-state index contributed by atoms with van der Waals surface area (Å²) >= 11 is 5.46. The molecule has 0 fully saturated rings. The zero-order valence-electron chi connectivity index (χ0n) is 69.2. The Bertz CT molecular complexity index is 2940. The van der Waals surface area contributed by atoms with Gasteiger partial charge in [0.05, 0.1) is 35.0 Å². The molecule has 614 valence electrons. The van der Waals surface area contributed by atoms with Crippen molar-refractivity contribution in [3.05, 3.63) is 179 Å². The first-order valence-electron chi connectivity index (χ1n) is 38.2. The van der Waals surface area contributed by atoms with Crippen LogP contribution in [-0.2, 0) is 92.1 Å². The standard InChI is InChI=1S/2C30H39S.2C14H25BrF2O5S.ClH.Na.H2/c2*1-28(2,3)22-10-16-25(17-11-22)31(26-18-12-23(13-19-26)29(4,5)6)27-20-14-24(15-21-27)30(7,8)9;2*15-11-9-7-5-3-1-2-4-6-8-10-12-20-13(18)14(16,17)23-22-21-19;;;/h2*10-21H,1-9H3;2*19H,1-12H2;1H;;1H/q2*+1;;;;+1;/p-3/i;;;;;;1+1. The predicted molar refractivity (Wildman–Crippen MR) is 449 cm³/mol.